The van der Waals surface area contributed by atoms with Gasteiger partial charge in [0.2, 0.25) is 10.0 Å². The predicted octanol–water partition coefficient (Wildman–Crippen LogP) is 1.67. The molecular formula is C8H8N2O2S2. The molecule has 0 bridgehead atoms. The standard InChI is InChI=1S/C8H8N2O2S2/c1-14(11,12)10-7-3-2-6-5-9-13-8(6)4-7/h2-5,10H,1H3. The van der Waals surface area contributed by atoms with Crippen LogP contribution in [0, 0.1) is 0 Å². The van der Waals surface area contributed by atoms with Crippen molar-refractivity contribution in [2.75, 3.05) is 11.0 Å². The van der Waals surface area contributed by atoms with Gasteiger partial charge in [0.1, 0.15) is 0 Å². The molecule has 1 N–H and O–H groups in total. The Morgan fingerprint density at radius 3 is 2.93 bits per heavy atom. The molecule has 14 heavy (non-hydrogen) atoms. The predicted molar refractivity (Wildman–Crippen MR) is 58.1 cm³/mol. The van der Waals surface area contributed by atoms with E-state index in [1.54, 1.807) is 18.3 Å². The molecule has 2 aromatic rings. The van der Waals surface area contributed by atoms with Crippen molar-refractivity contribution < 1.29 is 8.42 Å². The maximum atomic E-state index is 11.0. The minimum atomic E-state index is -3.19. The average Bonchev–Trinajstić information content (AvgIpc) is 2.47. The monoisotopic (exact) mass is 228 g/mol. The van der Waals surface area contributed by atoms with Crippen molar-refractivity contribution in [3.8, 4) is 0 Å². The molecular weight excluding hydrogens is 220 g/mol. The number of hydrogen-bond donors (Lipinski definition) is 1. The highest BCUT2D eigenvalue weighted by atomic mass is 32.2. The number of benzene rings is 1. The topological polar surface area (TPSA) is 59.1 Å². The quantitative estimate of drug-likeness (QED) is 0.850. The minimum absolute atomic E-state index is 0.573. The molecule has 0 saturated carbocycles. The molecule has 74 valence electrons. The average molecular weight is 228 g/mol. The van der Waals surface area contributed by atoms with Crippen LogP contribution in [0.1, 0.15) is 0 Å². The Labute approximate surface area is 85.8 Å². The van der Waals surface area contributed by atoms with Crippen LogP contribution >= 0.6 is 11.5 Å². The van der Waals surface area contributed by atoms with Gasteiger partial charge in [0, 0.05) is 17.3 Å². The van der Waals surface area contributed by atoms with Gasteiger partial charge in [-0.3, -0.25) is 4.72 Å². The molecule has 0 atom stereocenters. The lowest BCUT2D eigenvalue weighted by molar-refractivity contribution is 0.607. The molecule has 0 saturated heterocycles. The van der Waals surface area contributed by atoms with Crippen molar-refractivity contribution in [2.45, 2.75) is 0 Å². The lowest BCUT2D eigenvalue weighted by Crippen LogP contribution is -2.09. The van der Waals surface area contributed by atoms with Crippen LogP contribution in [0.4, 0.5) is 5.69 Å². The van der Waals surface area contributed by atoms with Crippen LogP contribution in [0.5, 0.6) is 0 Å². The van der Waals surface area contributed by atoms with Gasteiger partial charge in [-0.15, -0.1) is 0 Å². The summed E-state index contributed by atoms with van der Waals surface area (Å²) in [5.74, 6) is 0. The van der Waals surface area contributed by atoms with E-state index in [4.69, 9.17) is 0 Å². The largest absolute Gasteiger partial charge is 0.284 e. The highest BCUT2D eigenvalue weighted by molar-refractivity contribution is 7.92. The summed E-state index contributed by atoms with van der Waals surface area (Å²) in [6.45, 7) is 0. The van der Waals surface area contributed by atoms with Crippen molar-refractivity contribution in [1.29, 1.82) is 0 Å². The fraction of sp³-hybridized carbons (Fsp3) is 0.125. The van der Waals surface area contributed by atoms with Gasteiger partial charge >= 0.3 is 0 Å². The van der Waals surface area contributed by atoms with E-state index in [1.807, 2.05) is 6.07 Å². The van der Waals surface area contributed by atoms with E-state index in [0.29, 0.717) is 5.69 Å². The van der Waals surface area contributed by atoms with Crippen LogP contribution in [-0.4, -0.2) is 19.0 Å². The van der Waals surface area contributed by atoms with Crippen molar-refractivity contribution in [2.24, 2.45) is 0 Å². The van der Waals surface area contributed by atoms with Crippen molar-refractivity contribution in [3.05, 3.63) is 24.4 Å². The molecule has 0 aliphatic heterocycles. The van der Waals surface area contributed by atoms with Gasteiger partial charge in [-0.1, -0.05) is 0 Å². The molecule has 0 radical (unpaired) electrons. The second-order valence-corrected chi connectivity index (χ2v) is 5.53. The number of fused-ring (bicyclic) bond motifs is 1. The molecule has 0 fully saturated rings. The van der Waals surface area contributed by atoms with Crippen LogP contribution in [-0.2, 0) is 10.0 Å². The second-order valence-electron chi connectivity index (χ2n) is 2.95. The van der Waals surface area contributed by atoms with E-state index in [1.165, 1.54) is 11.5 Å². The molecule has 1 aromatic carbocycles. The normalized spacial score (nSPS) is 11.8. The Morgan fingerprint density at radius 2 is 2.21 bits per heavy atom. The maximum Gasteiger partial charge on any atom is 0.229 e. The Morgan fingerprint density at radius 1 is 1.43 bits per heavy atom. The molecule has 1 aromatic heterocycles. The zero-order chi connectivity index (χ0) is 10.2. The van der Waals surface area contributed by atoms with Crippen molar-refractivity contribution in [1.82, 2.24) is 4.37 Å². The molecule has 0 spiro atoms. The van der Waals surface area contributed by atoms with Crippen molar-refractivity contribution >= 4 is 37.3 Å². The van der Waals surface area contributed by atoms with Crippen LogP contribution in [0.25, 0.3) is 10.1 Å². The van der Waals surface area contributed by atoms with Gasteiger partial charge in [-0.05, 0) is 29.7 Å². The summed E-state index contributed by atoms with van der Waals surface area (Å²) in [4.78, 5) is 0. The number of anilines is 1. The summed E-state index contributed by atoms with van der Waals surface area (Å²) >= 11 is 1.34. The zero-order valence-electron chi connectivity index (χ0n) is 7.39. The zero-order valence-corrected chi connectivity index (χ0v) is 9.02. The molecule has 0 amide bonds. The molecule has 4 nitrogen and oxygen atoms in total. The van der Waals surface area contributed by atoms with Gasteiger partial charge < -0.3 is 0 Å². The van der Waals surface area contributed by atoms with E-state index in [-0.39, 0.29) is 0 Å². The number of aromatic nitrogens is 1. The molecule has 0 aliphatic carbocycles. The van der Waals surface area contributed by atoms with E-state index >= 15 is 0 Å². The van der Waals surface area contributed by atoms with Gasteiger partial charge in [0.05, 0.1) is 11.0 Å². The number of sulfonamides is 1. The first-order valence-electron chi connectivity index (χ1n) is 3.87. The van der Waals surface area contributed by atoms with E-state index in [2.05, 4.69) is 9.10 Å². The summed E-state index contributed by atoms with van der Waals surface area (Å²) in [5, 5.41) is 1.02. The van der Waals surface area contributed by atoms with E-state index in [0.717, 1.165) is 16.3 Å². The summed E-state index contributed by atoms with van der Waals surface area (Å²) in [5.41, 5.74) is 0.573. The summed E-state index contributed by atoms with van der Waals surface area (Å²) < 4.78 is 29.3. The Kier molecular flexibility index (Phi) is 2.16. The van der Waals surface area contributed by atoms with Crippen LogP contribution in [0.2, 0.25) is 0 Å². The first-order valence-corrected chi connectivity index (χ1v) is 6.53. The molecule has 0 unspecified atom stereocenters. The fourth-order valence-electron chi connectivity index (χ4n) is 1.14. The number of hydrogen-bond acceptors (Lipinski definition) is 4. The Bertz CT molecular complexity index is 559. The van der Waals surface area contributed by atoms with Gasteiger partial charge in [0.15, 0.2) is 0 Å². The van der Waals surface area contributed by atoms with Crippen LogP contribution < -0.4 is 4.72 Å². The SMILES string of the molecule is CS(=O)(=O)Nc1ccc2cnsc2c1. The van der Waals surface area contributed by atoms with E-state index < -0.39 is 10.0 Å². The van der Waals surface area contributed by atoms with Gasteiger partial charge in [-0.25, -0.2) is 8.42 Å². The first kappa shape index (κ1) is 9.42. The van der Waals surface area contributed by atoms with Gasteiger partial charge in [0.25, 0.3) is 0 Å². The third kappa shape index (κ3) is 2.02. The molecule has 6 heteroatoms. The number of nitrogens with zero attached hydrogens (tertiary/aromatic N) is 1. The Balaban J connectivity index is 2.44. The molecule has 2 rings (SSSR count). The third-order valence-electron chi connectivity index (χ3n) is 1.66. The maximum absolute atomic E-state index is 11.0. The fourth-order valence-corrected chi connectivity index (χ4v) is 2.38. The van der Waals surface area contributed by atoms with Crippen molar-refractivity contribution in [3.63, 3.8) is 0 Å². The highest BCUT2D eigenvalue weighted by Crippen LogP contribution is 2.22. The number of nitrogens with one attached hydrogen (secondary N) is 1. The van der Waals surface area contributed by atoms with Crippen LogP contribution in [0.15, 0.2) is 24.4 Å². The van der Waals surface area contributed by atoms with Gasteiger partial charge in [-0.2, -0.15) is 4.37 Å². The Hall–Kier alpha value is -1.14. The molecule has 0 aliphatic rings. The summed E-state index contributed by atoms with van der Waals surface area (Å²) in [6.07, 6.45) is 2.88. The van der Waals surface area contributed by atoms with E-state index in [9.17, 15) is 8.42 Å². The summed E-state index contributed by atoms with van der Waals surface area (Å²) in [6, 6.07) is 5.33. The summed E-state index contributed by atoms with van der Waals surface area (Å²) in [7, 11) is -3.19. The third-order valence-corrected chi connectivity index (χ3v) is 3.03. The number of rotatable bonds is 2. The first-order chi connectivity index (χ1) is 6.54. The smallest absolute Gasteiger partial charge is 0.229 e. The molecule has 1 heterocycles. The highest BCUT2D eigenvalue weighted by Gasteiger charge is 2.03. The lowest BCUT2D eigenvalue weighted by atomic mass is 10.2. The lowest BCUT2D eigenvalue weighted by Gasteiger charge is -2.02. The second kappa shape index (κ2) is 3.21. The minimum Gasteiger partial charge on any atom is -0.284 e. The van der Waals surface area contributed by atoms with Crippen LogP contribution in [0.3, 0.4) is 0 Å².